The van der Waals surface area contributed by atoms with E-state index in [0.29, 0.717) is 15.9 Å². The third-order valence-corrected chi connectivity index (χ3v) is 2.88. The van der Waals surface area contributed by atoms with Crippen LogP contribution in [0.2, 0.25) is 0 Å². The van der Waals surface area contributed by atoms with Crippen LogP contribution in [0, 0.1) is 19.7 Å². The Morgan fingerprint density at radius 1 is 1.29 bits per heavy atom. The van der Waals surface area contributed by atoms with E-state index in [9.17, 15) is 4.39 Å². The van der Waals surface area contributed by atoms with Gasteiger partial charge in [-0.05, 0) is 53.0 Å². The summed E-state index contributed by atoms with van der Waals surface area (Å²) >= 11 is 3.34. The average molecular weight is 296 g/mol. The molecule has 0 bridgehead atoms. The van der Waals surface area contributed by atoms with Gasteiger partial charge in [0.15, 0.2) is 11.6 Å². The molecule has 2 nitrogen and oxygen atoms in total. The molecule has 0 N–H and O–H groups in total. The number of benzene rings is 1. The summed E-state index contributed by atoms with van der Waals surface area (Å²) in [4.78, 5) is 4.11. The van der Waals surface area contributed by atoms with Gasteiger partial charge in [0.05, 0.1) is 4.47 Å². The van der Waals surface area contributed by atoms with Gasteiger partial charge in [0.25, 0.3) is 0 Å². The maximum atomic E-state index is 13.7. The third kappa shape index (κ3) is 2.64. The molecule has 0 unspecified atom stereocenters. The highest BCUT2D eigenvalue weighted by Crippen LogP contribution is 2.30. The number of hydrogen-bond donors (Lipinski definition) is 0. The molecule has 88 valence electrons. The van der Waals surface area contributed by atoms with Gasteiger partial charge in [-0.1, -0.05) is 12.1 Å². The van der Waals surface area contributed by atoms with E-state index in [1.807, 2.05) is 13.0 Å². The lowest BCUT2D eigenvalue weighted by atomic mass is 10.2. The van der Waals surface area contributed by atoms with Crippen LogP contribution in [0.15, 0.2) is 34.9 Å². The minimum absolute atomic E-state index is 0.182. The zero-order chi connectivity index (χ0) is 12.4. The quantitative estimate of drug-likeness (QED) is 0.820. The summed E-state index contributed by atoms with van der Waals surface area (Å²) in [6.07, 6.45) is 1.67. The Morgan fingerprint density at radius 3 is 2.76 bits per heavy atom. The first-order chi connectivity index (χ1) is 8.08. The number of hydrogen-bond acceptors (Lipinski definition) is 2. The van der Waals surface area contributed by atoms with Crippen molar-refractivity contribution in [2.24, 2.45) is 0 Å². The van der Waals surface area contributed by atoms with E-state index in [1.54, 1.807) is 31.3 Å². The van der Waals surface area contributed by atoms with E-state index in [1.165, 1.54) is 0 Å². The minimum Gasteiger partial charge on any atom is -0.435 e. The SMILES string of the molecule is Cc1cnc(Oc2cccc(C)c2F)c(Br)c1. The first-order valence-electron chi connectivity index (χ1n) is 5.13. The molecule has 1 heterocycles. The molecular formula is C13H11BrFNO. The fourth-order valence-corrected chi connectivity index (χ4v) is 1.94. The molecule has 0 amide bonds. The molecule has 0 saturated heterocycles. The summed E-state index contributed by atoms with van der Waals surface area (Å²) in [5.41, 5.74) is 1.56. The van der Waals surface area contributed by atoms with Crippen molar-refractivity contribution in [2.75, 3.05) is 0 Å². The molecule has 0 aliphatic heterocycles. The second-order valence-electron chi connectivity index (χ2n) is 3.79. The summed E-state index contributed by atoms with van der Waals surface area (Å²) in [7, 11) is 0. The van der Waals surface area contributed by atoms with Gasteiger partial charge in [-0.3, -0.25) is 0 Å². The standard InChI is InChI=1S/C13H11BrFNO/c1-8-6-10(14)13(16-7-8)17-11-5-3-4-9(2)12(11)15/h3-7H,1-2H3. The highest BCUT2D eigenvalue weighted by molar-refractivity contribution is 9.10. The van der Waals surface area contributed by atoms with Gasteiger partial charge in [0.1, 0.15) is 0 Å². The van der Waals surface area contributed by atoms with Crippen LogP contribution in [0.3, 0.4) is 0 Å². The molecule has 4 heteroatoms. The van der Waals surface area contributed by atoms with Gasteiger partial charge >= 0.3 is 0 Å². The summed E-state index contributed by atoms with van der Waals surface area (Å²) in [6.45, 7) is 3.62. The fourth-order valence-electron chi connectivity index (χ4n) is 1.40. The van der Waals surface area contributed by atoms with Crippen LogP contribution in [0.5, 0.6) is 11.6 Å². The predicted octanol–water partition coefficient (Wildman–Crippen LogP) is 4.39. The van der Waals surface area contributed by atoms with Crippen molar-refractivity contribution in [1.82, 2.24) is 4.98 Å². The number of aryl methyl sites for hydroxylation is 2. The molecule has 1 aromatic heterocycles. The lowest BCUT2D eigenvalue weighted by molar-refractivity contribution is 0.423. The lowest BCUT2D eigenvalue weighted by Gasteiger charge is -2.08. The van der Waals surface area contributed by atoms with Crippen LogP contribution in [0.25, 0.3) is 0 Å². The number of pyridine rings is 1. The van der Waals surface area contributed by atoms with Crippen molar-refractivity contribution in [3.05, 3.63) is 51.9 Å². The van der Waals surface area contributed by atoms with Gasteiger partial charge in [-0.25, -0.2) is 9.37 Å². The molecule has 2 aromatic rings. The molecule has 0 aliphatic carbocycles. The van der Waals surface area contributed by atoms with Gasteiger partial charge in [-0.15, -0.1) is 0 Å². The molecule has 2 rings (SSSR count). The Labute approximate surface area is 108 Å². The Balaban J connectivity index is 2.35. The van der Waals surface area contributed by atoms with E-state index in [2.05, 4.69) is 20.9 Å². The van der Waals surface area contributed by atoms with E-state index >= 15 is 0 Å². The number of rotatable bonds is 2. The number of aromatic nitrogens is 1. The predicted molar refractivity (Wildman–Crippen MR) is 67.9 cm³/mol. The Morgan fingerprint density at radius 2 is 2.06 bits per heavy atom. The van der Waals surface area contributed by atoms with Crippen molar-refractivity contribution in [1.29, 1.82) is 0 Å². The monoisotopic (exact) mass is 295 g/mol. The van der Waals surface area contributed by atoms with Crippen LogP contribution in [0.1, 0.15) is 11.1 Å². The first kappa shape index (κ1) is 12.0. The molecule has 0 spiro atoms. The highest BCUT2D eigenvalue weighted by Gasteiger charge is 2.10. The normalized spacial score (nSPS) is 10.4. The van der Waals surface area contributed by atoms with Crippen molar-refractivity contribution >= 4 is 15.9 Å². The van der Waals surface area contributed by atoms with Crippen molar-refractivity contribution in [3.8, 4) is 11.6 Å². The van der Waals surface area contributed by atoms with Gasteiger partial charge in [0.2, 0.25) is 5.88 Å². The third-order valence-electron chi connectivity index (χ3n) is 2.31. The fraction of sp³-hybridized carbons (Fsp3) is 0.154. The van der Waals surface area contributed by atoms with Crippen LogP contribution >= 0.6 is 15.9 Å². The number of ether oxygens (including phenoxy) is 1. The van der Waals surface area contributed by atoms with Gasteiger partial charge in [0, 0.05) is 6.20 Å². The number of nitrogens with zero attached hydrogens (tertiary/aromatic N) is 1. The van der Waals surface area contributed by atoms with Crippen molar-refractivity contribution in [2.45, 2.75) is 13.8 Å². The molecule has 0 fully saturated rings. The Bertz CT molecular complexity index is 557. The number of halogens is 2. The molecule has 0 atom stereocenters. The summed E-state index contributed by atoms with van der Waals surface area (Å²) in [6, 6.07) is 6.89. The van der Waals surface area contributed by atoms with Crippen LogP contribution in [-0.4, -0.2) is 4.98 Å². The lowest BCUT2D eigenvalue weighted by Crippen LogP contribution is -1.94. The van der Waals surface area contributed by atoms with Crippen molar-refractivity contribution < 1.29 is 9.13 Å². The Hall–Kier alpha value is -1.42. The topological polar surface area (TPSA) is 22.1 Å². The van der Waals surface area contributed by atoms with Gasteiger partial charge < -0.3 is 4.74 Å². The van der Waals surface area contributed by atoms with Crippen LogP contribution in [-0.2, 0) is 0 Å². The van der Waals surface area contributed by atoms with E-state index in [0.717, 1.165) is 5.56 Å². The van der Waals surface area contributed by atoms with Crippen molar-refractivity contribution in [3.63, 3.8) is 0 Å². The van der Waals surface area contributed by atoms with E-state index in [4.69, 9.17) is 4.74 Å². The zero-order valence-corrected chi connectivity index (χ0v) is 11.1. The smallest absolute Gasteiger partial charge is 0.233 e. The maximum absolute atomic E-state index is 13.7. The van der Waals surface area contributed by atoms with E-state index < -0.39 is 0 Å². The molecule has 1 aromatic carbocycles. The maximum Gasteiger partial charge on any atom is 0.233 e. The minimum atomic E-state index is -0.359. The zero-order valence-electron chi connectivity index (χ0n) is 9.50. The largest absolute Gasteiger partial charge is 0.435 e. The summed E-state index contributed by atoms with van der Waals surface area (Å²) in [5, 5.41) is 0. The highest BCUT2D eigenvalue weighted by atomic mass is 79.9. The van der Waals surface area contributed by atoms with Crippen LogP contribution < -0.4 is 4.74 Å². The second kappa shape index (κ2) is 4.84. The summed E-state index contributed by atoms with van der Waals surface area (Å²) < 4.78 is 19.9. The van der Waals surface area contributed by atoms with Crippen LogP contribution in [0.4, 0.5) is 4.39 Å². The molecule has 0 saturated carbocycles. The first-order valence-corrected chi connectivity index (χ1v) is 5.92. The molecular weight excluding hydrogens is 285 g/mol. The van der Waals surface area contributed by atoms with E-state index in [-0.39, 0.29) is 11.6 Å². The molecule has 0 radical (unpaired) electrons. The summed E-state index contributed by atoms with van der Waals surface area (Å²) in [5.74, 6) is 0.184. The van der Waals surface area contributed by atoms with Gasteiger partial charge in [-0.2, -0.15) is 0 Å². The second-order valence-corrected chi connectivity index (χ2v) is 4.64. The Kier molecular flexibility index (Phi) is 3.43. The average Bonchev–Trinajstić information content (AvgIpc) is 2.28. The molecule has 17 heavy (non-hydrogen) atoms. The molecule has 0 aliphatic rings.